The molecule has 0 aromatic carbocycles. The van der Waals surface area contributed by atoms with Gasteiger partial charge in [-0.3, -0.25) is 0 Å². The molecule has 2 unspecified atom stereocenters. The average molecular weight is 190 g/mol. The van der Waals surface area contributed by atoms with Crippen LogP contribution in [-0.4, -0.2) is 22.4 Å². The maximum absolute atomic E-state index is 9.11. The predicted octanol–water partition coefficient (Wildman–Crippen LogP) is 0.867. The molecule has 2 heteroatoms. The molecule has 0 aromatic rings. The molecule has 0 saturated carbocycles. The first-order chi connectivity index (χ1) is 6.70. The summed E-state index contributed by atoms with van der Waals surface area (Å²) in [5, 5.41) is 18.2. The molecule has 0 radical (unpaired) electrons. The molecule has 2 nitrogen and oxygen atoms in total. The minimum Gasteiger partial charge on any atom is -0.377 e. The van der Waals surface area contributed by atoms with Crippen LogP contribution in [0.15, 0.2) is 24.3 Å². The summed E-state index contributed by atoms with van der Waals surface area (Å²) in [7, 11) is 0. The van der Waals surface area contributed by atoms with Crippen LogP contribution in [0.2, 0.25) is 0 Å². The van der Waals surface area contributed by atoms with Crippen LogP contribution in [0.3, 0.4) is 0 Å². The van der Waals surface area contributed by atoms with Gasteiger partial charge in [0, 0.05) is 0 Å². The molecule has 0 spiro atoms. The molecule has 0 aliphatic heterocycles. The molecule has 0 aliphatic carbocycles. The van der Waals surface area contributed by atoms with Crippen molar-refractivity contribution in [3.8, 4) is 23.7 Å². The van der Waals surface area contributed by atoms with Gasteiger partial charge >= 0.3 is 0 Å². The van der Waals surface area contributed by atoms with E-state index in [4.69, 9.17) is 10.2 Å². The lowest BCUT2D eigenvalue weighted by atomic mass is 10.3. The highest BCUT2D eigenvalue weighted by Gasteiger charge is 1.88. The molecule has 0 bridgehead atoms. The summed E-state index contributed by atoms with van der Waals surface area (Å²) >= 11 is 0. The molecule has 0 fully saturated rings. The summed E-state index contributed by atoms with van der Waals surface area (Å²) in [5.74, 6) is 9.89. The van der Waals surface area contributed by atoms with Crippen molar-refractivity contribution in [3.05, 3.63) is 24.3 Å². The Morgan fingerprint density at radius 2 is 1.21 bits per heavy atom. The van der Waals surface area contributed by atoms with Gasteiger partial charge in [0.25, 0.3) is 0 Å². The fourth-order valence-electron chi connectivity index (χ4n) is 0.681. The summed E-state index contributed by atoms with van der Waals surface area (Å²) in [4.78, 5) is 0. The van der Waals surface area contributed by atoms with E-state index < -0.39 is 12.2 Å². The quantitative estimate of drug-likeness (QED) is 0.501. The number of aliphatic hydroxyl groups excluding tert-OH is 2. The Balaban J connectivity index is 4.13. The first kappa shape index (κ1) is 12.5. The zero-order chi connectivity index (χ0) is 10.8. The maximum Gasteiger partial charge on any atom is 0.134 e. The van der Waals surface area contributed by atoms with Crippen molar-refractivity contribution in [2.45, 2.75) is 26.1 Å². The molecule has 0 saturated heterocycles. The van der Waals surface area contributed by atoms with E-state index in [9.17, 15) is 0 Å². The van der Waals surface area contributed by atoms with Crippen LogP contribution in [0, 0.1) is 23.7 Å². The van der Waals surface area contributed by atoms with E-state index >= 15 is 0 Å². The Labute approximate surface area is 85.0 Å². The Morgan fingerprint density at radius 3 is 1.50 bits per heavy atom. The van der Waals surface area contributed by atoms with Gasteiger partial charge in [-0.2, -0.15) is 0 Å². The number of allylic oxidation sites excluding steroid dienone is 2. The zero-order valence-corrected chi connectivity index (χ0v) is 8.36. The Hall–Kier alpha value is -1.48. The number of aliphatic hydroxyl groups is 2. The maximum atomic E-state index is 9.11. The van der Waals surface area contributed by atoms with Crippen LogP contribution in [0.4, 0.5) is 0 Å². The number of hydrogen-bond donors (Lipinski definition) is 2. The van der Waals surface area contributed by atoms with Gasteiger partial charge in [0.2, 0.25) is 0 Å². The first-order valence-electron chi connectivity index (χ1n) is 4.33. The second-order valence-corrected chi connectivity index (χ2v) is 2.48. The van der Waals surface area contributed by atoms with Crippen LogP contribution < -0.4 is 0 Å². The van der Waals surface area contributed by atoms with Gasteiger partial charge in [-0.05, 0) is 37.8 Å². The van der Waals surface area contributed by atoms with Gasteiger partial charge < -0.3 is 10.2 Å². The van der Waals surface area contributed by atoms with Crippen molar-refractivity contribution in [3.63, 3.8) is 0 Å². The fraction of sp³-hybridized carbons (Fsp3) is 0.333. The second kappa shape index (κ2) is 8.13. The molecule has 2 N–H and O–H groups in total. The molecule has 14 heavy (non-hydrogen) atoms. The van der Waals surface area contributed by atoms with Crippen LogP contribution in [0.25, 0.3) is 0 Å². The molecule has 0 aliphatic rings. The topological polar surface area (TPSA) is 40.5 Å². The van der Waals surface area contributed by atoms with E-state index in [1.54, 1.807) is 38.2 Å². The lowest BCUT2D eigenvalue weighted by Crippen LogP contribution is -1.97. The summed E-state index contributed by atoms with van der Waals surface area (Å²) < 4.78 is 0. The summed E-state index contributed by atoms with van der Waals surface area (Å²) in [6.07, 6.45) is 4.96. The van der Waals surface area contributed by atoms with Crippen molar-refractivity contribution in [2.75, 3.05) is 0 Å². The van der Waals surface area contributed by atoms with E-state index in [0.717, 1.165) is 0 Å². The van der Waals surface area contributed by atoms with Crippen molar-refractivity contribution in [1.29, 1.82) is 0 Å². The minimum absolute atomic E-state index is 0.784. The smallest absolute Gasteiger partial charge is 0.134 e. The van der Waals surface area contributed by atoms with E-state index in [2.05, 4.69) is 23.7 Å². The van der Waals surface area contributed by atoms with Crippen molar-refractivity contribution >= 4 is 0 Å². The minimum atomic E-state index is -0.784. The zero-order valence-electron chi connectivity index (χ0n) is 8.36. The molecule has 0 aromatic heterocycles. The third-order valence-electron chi connectivity index (χ3n) is 1.25. The molecular weight excluding hydrogens is 176 g/mol. The lowest BCUT2D eigenvalue weighted by Gasteiger charge is -1.89. The van der Waals surface area contributed by atoms with E-state index in [1.165, 1.54) is 0 Å². The summed E-state index contributed by atoms with van der Waals surface area (Å²) in [6.45, 7) is 3.60. The molecule has 0 rings (SSSR count). The highest BCUT2D eigenvalue weighted by atomic mass is 16.3. The van der Waals surface area contributed by atoms with Gasteiger partial charge in [0.1, 0.15) is 12.2 Å². The van der Waals surface area contributed by atoms with Crippen LogP contribution in [-0.2, 0) is 0 Å². The Morgan fingerprint density at radius 1 is 0.857 bits per heavy atom. The average Bonchev–Trinajstić information content (AvgIpc) is 2.13. The van der Waals surface area contributed by atoms with Gasteiger partial charge in [-0.15, -0.1) is 0 Å². The van der Waals surface area contributed by atoms with Crippen molar-refractivity contribution < 1.29 is 10.2 Å². The predicted molar refractivity (Wildman–Crippen MR) is 57.2 cm³/mol. The Kier molecular flexibility index (Phi) is 7.27. The second-order valence-electron chi connectivity index (χ2n) is 2.48. The van der Waals surface area contributed by atoms with E-state index in [1.807, 2.05) is 0 Å². The lowest BCUT2D eigenvalue weighted by molar-refractivity contribution is 0.279. The first-order valence-corrected chi connectivity index (χ1v) is 4.33. The molecule has 74 valence electrons. The largest absolute Gasteiger partial charge is 0.377 e. The number of rotatable bonds is 2. The summed E-state index contributed by atoms with van der Waals surface area (Å²) in [5.41, 5.74) is 0. The SMILES string of the molecule is C/C=C/C(O)C#CC#CC(O)/C=C/C. The number of hydrogen-bond acceptors (Lipinski definition) is 2. The van der Waals surface area contributed by atoms with Gasteiger partial charge in [0.05, 0.1) is 0 Å². The van der Waals surface area contributed by atoms with Crippen LogP contribution in [0.5, 0.6) is 0 Å². The molecule has 2 atom stereocenters. The third-order valence-corrected chi connectivity index (χ3v) is 1.25. The van der Waals surface area contributed by atoms with Crippen LogP contribution >= 0.6 is 0 Å². The van der Waals surface area contributed by atoms with Gasteiger partial charge in [-0.25, -0.2) is 0 Å². The monoisotopic (exact) mass is 190 g/mol. The molecule has 0 heterocycles. The van der Waals surface area contributed by atoms with Crippen LogP contribution in [0.1, 0.15) is 13.8 Å². The van der Waals surface area contributed by atoms with Gasteiger partial charge in [0.15, 0.2) is 0 Å². The van der Waals surface area contributed by atoms with Crippen molar-refractivity contribution in [2.24, 2.45) is 0 Å². The highest BCUT2D eigenvalue weighted by molar-refractivity contribution is 5.31. The molecule has 0 amide bonds. The molecular formula is C12H14O2. The van der Waals surface area contributed by atoms with Gasteiger partial charge in [-0.1, -0.05) is 24.0 Å². The van der Waals surface area contributed by atoms with E-state index in [0.29, 0.717) is 0 Å². The Bertz CT molecular complexity index is 284. The third kappa shape index (κ3) is 7.18. The normalized spacial score (nSPS) is 14.3. The standard InChI is InChI=1S/C12H14O2/c1-3-7-11(13)9-5-6-10-12(14)8-4-2/h3-4,7-8,11-14H,1-2H3/b7-3+,8-4+. The highest BCUT2D eigenvalue weighted by Crippen LogP contribution is 1.83. The summed E-state index contributed by atoms with van der Waals surface area (Å²) in [6, 6.07) is 0. The fourth-order valence-corrected chi connectivity index (χ4v) is 0.681. The van der Waals surface area contributed by atoms with Crippen molar-refractivity contribution in [1.82, 2.24) is 0 Å². The van der Waals surface area contributed by atoms with E-state index in [-0.39, 0.29) is 0 Å².